The van der Waals surface area contributed by atoms with Crippen molar-refractivity contribution in [1.82, 2.24) is 0 Å². The average molecular weight is 474 g/mol. The van der Waals surface area contributed by atoms with Crippen LogP contribution in [-0.2, 0) is 9.53 Å². The lowest BCUT2D eigenvalue weighted by atomic mass is 9.80. The number of allylic oxidation sites excluding steroid dienone is 4. The van der Waals surface area contributed by atoms with Crippen molar-refractivity contribution < 1.29 is 14.1 Å². The maximum Gasteiger partial charge on any atom is 0.305 e. The van der Waals surface area contributed by atoms with Crippen molar-refractivity contribution in [2.24, 2.45) is 0 Å². The molecule has 0 saturated carbocycles. The van der Waals surface area contributed by atoms with Gasteiger partial charge in [-0.1, -0.05) is 54.7 Å². The number of carbonyl (C=O) groups is 1. The van der Waals surface area contributed by atoms with Gasteiger partial charge in [-0.15, -0.1) is 0 Å². The quantitative estimate of drug-likeness (QED) is 0.280. The van der Waals surface area contributed by atoms with Crippen LogP contribution in [0.2, 0.25) is 13.1 Å². The van der Waals surface area contributed by atoms with Crippen LogP contribution in [0.4, 0.5) is 5.69 Å². The van der Waals surface area contributed by atoms with Gasteiger partial charge in [-0.05, 0) is 52.9 Å². The van der Waals surface area contributed by atoms with Crippen molar-refractivity contribution >= 4 is 30.6 Å². The Bertz CT molecular complexity index is 1200. The fourth-order valence-corrected chi connectivity index (χ4v) is 8.75. The zero-order valence-corrected chi connectivity index (χ0v) is 22.4. The van der Waals surface area contributed by atoms with Crippen LogP contribution in [0.3, 0.4) is 0 Å². The van der Waals surface area contributed by atoms with Crippen LogP contribution >= 0.6 is 0 Å². The van der Waals surface area contributed by atoms with Gasteiger partial charge >= 0.3 is 5.97 Å². The molecule has 0 aromatic heterocycles. The third-order valence-electron chi connectivity index (χ3n) is 7.45. The molecule has 0 saturated heterocycles. The van der Waals surface area contributed by atoms with Gasteiger partial charge in [0.15, 0.2) is 5.71 Å². The molecular formula is C29H37N2O2Si+. The topological polar surface area (TPSA) is 41.3 Å². The highest BCUT2D eigenvalue weighted by Crippen LogP contribution is 2.45. The molecule has 178 valence electrons. The second kappa shape index (κ2) is 9.75. The minimum absolute atomic E-state index is 0.153. The number of benzene rings is 2. The summed E-state index contributed by atoms with van der Waals surface area (Å²) < 4.78 is 7.02. The van der Waals surface area contributed by atoms with E-state index in [4.69, 9.17) is 4.74 Å². The minimum Gasteiger partial charge on any atom is -0.469 e. The smallest absolute Gasteiger partial charge is 0.305 e. The molecular weight excluding hydrogens is 436 g/mol. The summed E-state index contributed by atoms with van der Waals surface area (Å²) in [6, 6.07) is 15.8. The highest BCUT2D eigenvalue weighted by molar-refractivity contribution is 6.96. The highest BCUT2D eigenvalue weighted by atomic mass is 28.3. The predicted octanol–water partition coefficient (Wildman–Crippen LogP) is 4.93. The van der Waals surface area contributed by atoms with Crippen LogP contribution < -0.4 is 10.5 Å². The third-order valence-corrected chi connectivity index (χ3v) is 11.2. The molecule has 2 aliphatic rings. The van der Waals surface area contributed by atoms with E-state index in [1.807, 2.05) is 0 Å². The Labute approximate surface area is 205 Å². The van der Waals surface area contributed by atoms with Gasteiger partial charge in [0.2, 0.25) is 0 Å². The van der Waals surface area contributed by atoms with E-state index in [2.05, 4.69) is 98.6 Å². The molecule has 4 nitrogen and oxygen atoms in total. The van der Waals surface area contributed by atoms with Gasteiger partial charge in [0, 0.05) is 30.6 Å². The van der Waals surface area contributed by atoms with E-state index in [0.717, 1.165) is 25.1 Å². The summed E-state index contributed by atoms with van der Waals surface area (Å²) in [6.45, 7) is 7.99. The van der Waals surface area contributed by atoms with Crippen molar-refractivity contribution in [3.05, 3.63) is 82.1 Å². The molecule has 0 fully saturated rings. The van der Waals surface area contributed by atoms with Crippen molar-refractivity contribution in [3.63, 3.8) is 0 Å². The first-order chi connectivity index (χ1) is 16.2. The van der Waals surface area contributed by atoms with E-state index in [0.29, 0.717) is 6.42 Å². The highest BCUT2D eigenvalue weighted by Gasteiger charge is 2.43. The fraction of sp³-hybridized carbons (Fsp3) is 0.379. The van der Waals surface area contributed by atoms with Gasteiger partial charge in [0.05, 0.1) is 13.5 Å². The first-order valence-corrected chi connectivity index (χ1v) is 15.2. The van der Waals surface area contributed by atoms with Gasteiger partial charge in [-0.3, -0.25) is 4.79 Å². The Hall–Kier alpha value is -2.92. The molecule has 4 rings (SSSR count). The lowest BCUT2D eigenvalue weighted by molar-refractivity contribution is -0.464. The zero-order chi connectivity index (χ0) is 24.5. The Morgan fingerprint density at radius 2 is 1.88 bits per heavy atom. The molecule has 1 atom stereocenters. The van der Waals surface area contributed by atoms with E-state index >= 15 is 0 Å². The van der Waals surface area contributed by atoms with Gasteiger partial charge in [-0.25, -0.2) is 4.58 Å². The van der Waals surface area contributed by atoms with Crippen LogP contribution in [0.25, 0.3) is 0 Å². The van der Waals surface area contributed by atoms with Crippen LogP contribution in [-0.4, -0.2) is 52.1 Å². The molecule has 0 radical (unpaired) electrons. The summed E-state index contributed by atoms with van der Waals surface area (Å²) in [4.78, 5) is 11.4. The molecule has 1 aliphatic carbocycles. The number of rotatable bonds is 6. The molecule has 2 aromatic carbocycles. The lowest BCUT2D eigenvalue weighted by Gasteiger charge is -2.41. The minimum atomic E-state index is -1.89. The molecule has 0 spiro atoms. The summed E-state index contributed by atoms with van der Waals surface area (Å²) >= 11 is 0. The number of aryl methyl sites for hydroxylation is 1. The summed E-state index contributed by atoms with van der Waals surface area (Å²) in [5.74, 6) is 0.111. The van der Waals surface area contributed by atoms with E-state index in [1.54, 1.807) is 5.20 Å². The maximum atomic E-state index is 11.4. The predicted molar refractivity (Wildman–Crippen MR) is 144 cm³/mol. The number of carbonyl (C=O) groups excluding carboxylic acids is 1. The van der Waals surface area contributed by atoms with Gasteiger partial charge in [0.1, 0.15) is 22.2 Å². The number of hydrogen-bond acceptors (Lipinski definition) is 3. The maximum absolute atomic E-state index is 11.4. The second-order valence-electron chi connectivity index (χ2n) is 10.2. The number of hydrogen-bond donors (Lipinski definition) is 1. The van der Waals surface area contributed by atoms with E-state index in [9.17, 15) is 4.79 Å². The molecule has 34 heavy (non-hydrogen) atoms. The Kier molecular flexibility index (Phi) is 6.94. The number of ether oxygens (including phenoxy) is 1. The first kappa shape index (κ1) is 24.2. The number of nitrogens with zero attached hydrogens (tertiary/aromatic N) is 1. The molecule has 0 bridgehead atoms. The van der Waals surface area contributed by atoms with Crippen LogP contribution in [0.15, 0.2) is 65.4 Å². The second-order valence-corrected chi connectivity index (χ2v) is 14.5. The molecule has 1 heterocycles. The average Bonchev–Trinajstić information content (AvgIpc) is 2.83. The molecule has 0 amide bonds. The monoisotopic (exact) mass is 473 g/mol. The van der Waals surface area contributed by atoms with Crippen LogP contribution in [0, 0.1) is 6.92 Å². The largest absolute Gasteiger partial charge is 0.469 e. The van der Waals surface area contributed by atoms with Crippen molar-refractivity contribution in [1.29, 1.82) is 0 Å². The van der Waals surface area contributed by atoms with Crippen molar-refractivity contribution in [3.8, 4) is 0 Å². The summed E-state index contributed by atoms with van der Waals surface area (Å²) in [7, 11) is 3.84. The number of esters is 1. The number of nitrogens with one attached hydrogen (secondary N) is 1. The van der Waals surface area contributed by atoms with E-state index in [1.165, 1.54) is 40.3 Å². The van der Waals surface area contributed by atoms with Crippen molar-refractivity contribution in [2.45, 2.75) is 45.2 Å². The van der Waals surface area contributed by atoms with Gasteiger partial charge in [0.25, 0.3) is 0 Å². The van der Waals surface area contributed by atoms with E-state index in [-0.39, 0.29) is 11.9 Å². The molecule has 1 aliphatic heterocycles. The van der Waals surface area contributed by atoms with Gasteiger partial charge in [-0.2, -0.15) is 0 Å². The molecule has 2 aromatic rings. The van der Waals surface area contributed by atoms with Crippen molar-refractivity contribution in [2.75, 3.05) is 33.1 Å². The Morgan fingerprint density at radius 1 is 1.12 bits per heavy atom. The summed E-state index contributed by atoms with van der Waals surface area (Å²) in [6.07, 6.45) is 6.93. The lowest BCUT2D eigenvalue weighted by Crippen LogP contribution is -2.51. The Balaban J connectivity index is 1.77. The molecule has 1 unspecified atom stereocenters. The Morgan fingerprint density at radius 3 is 2.59 bits per heavy atom. The SMILES string of the molecule is COC(=O)CCCNc1ccc2c(c1)[Si](C)(C)C1=C(C=CC(=[N+](C)C)C1)C2c1ccccc1C. The summed E-state index contributed by atoms with van der Waals surface area (Å²) in [5, 5.41) is 6.71. The standard InChI is InChI=1S/C29H37N2O2Si/c1-20-10-7-8-11-23(20)29-24-15-13-21(30-17-9-12-28(32)33-4)18-26(24)34(5,6)27-19-22(31(2)3)14-16-25(27)29/h7-8,10-11,13-16,18,29-30H,9,12,17,19H2,1-6H3/q+1. The molecule has 5 heteroatoms. The molecule has 1 N–H and O–H groups in total. The normalized spacial score (nSPS) is 18.3. The zero-order valence-electron chi connectivity index (χ0n) is 21.4. The summed E-state index contributed by atoms with van der Waals surface area (Å²) in [5.41, 5.74) is 8.21. The van der Waals surface area contributed by atoms with E-state index < -0.39 is 8.07 Å². The fourth-order valence-electron chi connectivity index (χ4n) is 5.39. The van der Waals surface area contributed by atoms with Crippen LogP contribution in [0.5, 0.6) is 0 Å². The van der Waals surface area contributed by atoms with Crippen LogP contribution in [0.1, 0.15) is 41.9 Å². The number of anilines is 1. The third kappa shape index (κ3) is 4.54. The first-order valence-electron chi connectivity index (χ1n) is 12.2. The number of fused-ring (bicyclic) bond motifs is 1. The van der Waals surface area contributed by atoms with Gasteiger partial charge < -0.3 is 10.1 Å². The number of methoxy groups -OCH3 is 1.